The minimum atomic E-state index is -0.590. The summed E-state index contributed by atoms with van der Waals surface area (Å²) in [5.74, 6) is 0. The van der Waals surface area contributed by atoms with E-state index in [1.807, 2.05) is 63.4 Å². The number of alkyl carbamates (subject to hydrolysis) is 1. The molecule has 3 aromatic carbocycles. The fourth-order valence-electron chi connectivity index (χ4n) is 3.93. The number of ether oxygens (including phenoxy) is 1. The number of thiocarbonyl (C=S) groups is 1. The molecule has 0 fully saturated rings. The lowest BCUT2D eigenvalue weighted by Gasteiger charge is -2.25. The van der Waals surface area contributed by atoms with Crippen LogP contribution in [0.15, 0.2) is 72.9 Å². The third-order valence-corrected chi connectivity index (χ3v) is 5.87. The molecule has 0 saturated heterocycles. The highest BCUT2D eigenvalue weighted by atomic mass is 32.1. The Labute approximate surface area is 199 Å². The van der Waals surface area contributed by atoms with E-state index in [0.29, 0.717) is 18.0 Å². The van der Waals surface area contributed by atoms with E-state index in [-0.39, 0.29) is 0 Å². The molecule has 1 aromatic heterocycles. The van der Waals surface area contributed by atoms with Gasteiger partial charge in [-0.1, -0.05) is 72.9 Å². The van der Waals surface area contributed by atoms with Gasteiger partial charge < -0.3 is 20.4 Å². The van der Waals surface area contributed by atoms with Gasteiger partial charge >= 0.3 is 6.09 Å². The molecule has 0 unspecified atom stereocenters. The highest BCUT2D eigenvalue weighted by Crippen LogP contribution is 2.21. The summed E-state index contributed by atoms with van der Waals surface area (Å²) in [6.45, 7) is 6.11. The number of para-hydroxylation sites is 1. The van der Waals surface area contributed by atoms with Crippen molar-refractivity contribution in [2.75, 3.05) is 0 Å². The Kier molecular flexibility index (Phi) is 6.65. The number of carbonyl (C=O) groups is 1. The zero-order chi connectivity index (χ0) is 23.4. The van der Waals surface area contributed by atoms with Crippen LogP contribution in [-0.2, 0) is 17.7 Å². The molecule has 6 heteroatoms. The van der Waals surface area contributed by atoms with E-state index >= 15 is 0 Å². The Bertz CT molecular complexity index is 1280. The van der Waals surface area contributed by atoms with Crippen LogP contribution in [0.5, 0.6) is 0 Å². The van der Waals surface area contributed by atoms with Crippen molar-refractivity contribution in [2.24, 2.45) is 0 Å². The first-order valence-corrected chi connectivity index (χ1v) is 11.5. The van der Waals surface area contributed by atoms with Gasteiger partial charge in [-0.3, -0.25) is 0 Å². The van der Waals surface area contributed by atoms with Crippen LogP contribution in [-0.4, -0.2) is 27.7 Å². The zero-order valence-corrected chi connectivity index (χ0v) is 20.0. The van der Waals surface area contributed by atoms with Gasteiger partial charge in [0, 0.05) is 30.1 Å². The molecule has 170 valence electrons. The van der Waals surface area contributed by atoms with Gasteiger partial charge in [-0.2, -0.15) is 0 Å². The average Bonchev–Trinajstić information content (AvgIpc) is 3.18. The Morgan fingerprint density at radius 1 is 0.970 bits per heavy atom. The molecule has 0 bridgehead atoms. The number of hydrogen-bond acceptors (Lipinski definition) is 3. The fourth-order valence-corrected chi connectivity index (χ4v) is 4.15. The van der Waals surface area contributed by atoms with Crippen LogP contribution < -0.4 is 10.6 Å². The molecule has 4 aromatic rings. The maximum absolute atomic E-state index is 12.6. The van der Waals surface area contributed by atoms with Crippen LogP contribution in [0.2, 0.25) is 0 Å². The van der Waals surface area contributed by atoms with E-state index in [9.17, 15) is 4.79 Å². The van der Waals surface area contributed by atoms with Gasteiger partial charge in [-0.15, -0.1) is 0 Å². The van der Waals surface area contributed by atoms with Crippen molar-refractivity contribution >= 4 is 45.0 Å². The molecule has 3 N–H and O–H groups in total. The minimum Gasteiger partial charge on any atom is -0.444 e. The molecule has 1 amide bonds. The fraction of sp³-hybridized carbons (Fsp3) is 0.259. The highest BCUT2D eigenvalue weighted by Gasteiger charge is 2.23. The van der Waals surface area contributed by atoms with Crippen LogP contribution in [0.3, 0.4) is 0 Å². The quantitative estimate of drug-likeness (QED) is 0.315. The van der Waals surface area contributed by atoms with Crippen LogP contribution in [0.25, 0.3) is 21.7 Å². The van der Waals surface area contributed by atoms with Crippen LogP contribution in [0.1, 0.15) is 31.9 Å². The van der Waals surface area contributed by atoms with E-state index in [4.69, 9.17) is 17.0 Å². The number of fused-ring (bicyclic) bond motifs is 2. The summed E-state index contributed by atoms with van der Waals surface area (Å²) in [6, 6.07) is 22.2. The third-order valence-electron chi connectivity index (χ3n) is 5.44. The molecular formula is C27H29N3O2S. The second kappa shape index (κ2) is 9.63. The summed E-state index contributed by atoms with van der Waals surface area (Å²) in [7, 11) is 0. The maximum Gasteiger partial charge on any atom is 0.408 e. The van der Waals surface area contributed by atoms with Gasteiger partial charge in [-0.05, 0) is 48.7 Å². The number of H-pyrrole nitrogens is 1. The first kappa shape index (κ1) is 22.8. The number of hydrogen-bond donors (Lipinski definition) is 3. The predicted molar refractivity (Wildman–Crippen MR) is 139 cm³/mol. The van der Waals surface area contributed by atoms with E-state index in [0.717, 1.165) is 22.0 Å². The first-order chi connectivity index (χ1) is 15.8. The minimum absolute atomic E-state index is 0.413. The molecule has 0 aliphatic carbocycles. The largest absolute Gasteiger partial charge is 0.444 e. The SMILES string of the molecule is CC(C)(C)OC(=O)N[C@H](Cc1c[nH]c2ccccc12)C(=S)NCc1cccc2ccccc12. The second-order valence-corrected chi connectivity index (χ2v) is 9.56. The Morgan fingerprint density at radius 3 is 2.45 bits per heavy atom. The van der Waals surface area contributed by atoms with Crippen LogP contribution >= 0.6 is 12.2 Å². The van der Waals surface area contributed by atoms with E-state index in [1.165, 1.54) is 10.8 Å². The van der Waals surface area contributed by atoms with Gasteiger partial charge in [0.05, 0.1) is 11.0 Å². The second-order valence-electron chi connectivity index (χ2n) is 9.12. The van der Waals surface area contributed by atoms with Crippen molar-refractivity contribution in [1.82, 2.24) is 15.6 Å². The number of carbonyl (C=O) groups excluding carboxylic acids is 1. The van der Waals surface area contributed by atoms with Gasteiger partial charge in [-0.25, -0.2) is 4.79 Å². The molecular weight excluding hydrogens is 430 g/mol. The third kappa shape index (κ3) is 5.71. The summed E-state index contributed by atoms with van der Waals surface area (Å²) in [5.41, 5.74) is 2.70. The Balaban J connectivity index is 1.53. The number of benzene rings is 3. The number of aromatic amines is 1. The van der Waals surface area contributed by atoms with Crippen molar-refractivity contribution in [3.63, 3.8) is 0 Å². The van der Waals surface area contributed by atoms with Gasteiger partial charge in [0.15, 0.2) is 0 Å². The monoisotopic (exact) mass is 459 g/mol. The lowest BCUT2D eigenvalue weighted by molar-refractivity contribution is 0.0518. The lowest BCUT2D eigenvalue weighted by Crippen LogP contribution is -2.48. The molecule has 33 heavy (non-hydrogen) atoms. The van der Waals surface area contributed by atoms with Gasteiger partial charge in [0.1, 0.15) is 5.60 Å². The first-order valence-electron chi connectivity index (χ1n) is 11.1. The molecule has 0 spiro atoms. The number of nitrogens with one attached hydrogen (secondary N) is 3. The summed E-state index contributed by atoms with van der Waals surface area (Å²) < 4.78 is 5.50. The molecule has 0 aliphatic rings. The summed E-state index contributed by atoms with van der Waals surface area (Å²) in [4.78, 5) is 16.4. The van der Waals surface area contributed by atoms with Crippen molar-refractivity contribution in [2.45, 2.75) is 45.4 Å². The molecule has 0 aliphatic heterocycles. The average molecular weight is 460 g/mol. The molecule has 4 rings (SSSR count). The molecule has 0 saturated carbocycles. The number of aromatic nitrogens is 1. The molecule has 5 nitrogen and oxygen atoms in total. The molecule has 1 atom stereocenters. The standard InChI is InChI=1S/C27H29N3O2S/c1-27(2,3)32-26(31)30-24(15-20-17-28-23-14-7-6-13-22(20)23)25(33)29-16-19-11-8-10-18-9-4-5-12-21(18)19/h4-14,17,24,28H,15-16H2,1-3H3,(H,29,33)(H,30,31)/t24-/m1/s1. The van der Waals surface area contributed by atoms with Crippen LogP contribution in [0, 0.1) is 0 Å². The number of amides is 1. The predicted octanol–water partition coefficient (Wildman–Crippen LogP) is 5.87. The highest BCUT2D eigenvalue weighted by molar-refractivity contribution is 7.80. The van der Waals surface area contributed by atoms with E-state index in [2.05, 4.69) is 45.9 Å². The normalized spacial score (nSPS) is 12.5. The van der Waals surface area contributed by atoms with Crippen molar-refractivity contribution in [3.8, 4) is 0 Å². The topological polar surface area (TPSA) is 66.1 Å². The zero-order valence-electron chi connectivity index (χ0n) is 19.1. The van der Waals surface area contributed by atoms with Crippen molar-refractivity contribution < 1.29 is 9.53 Å². The number of rotatable bonds is 6. The molecule has 0 radical (unpaired) electrons. The van der Waals surface area contributed by atoms with Crippen molar-refractivity contribution in [3.05, 3.63) is 84.1 Å². The lowest BCUT2D eigenvalue weighted by atomic mass is 10.0. The summed E-state index contributed by atoms with van der Waals surface area (Å²) in [5, 5.41) is 9.83. The van der Waals surface area contributed by atoms with Crippen molar-refractivity contribution in [1.29, 1.82) is 0 Å². The van der Waals surface area contributed by atoms with Crippen LogP contribution in [0.4, 0.5) is 4.79 Å². The Hall–Kier alpha value is -3.38. The summed E-state index contributed by atoms with van der Waals surface area (Å²) in [6.07, 6.45) is 2.04. The van der Waals surface area contributed by atoms with E-state index in [1.54, 1.807) is 0 Å². The molecule has 1 heterocycles. The Morgan fingerprint density at radius 2 is 1.67 bits per heavy atom. The summed E-state index contributed by atoms with van der Waals surface area (Å²) >= 11 is 5.76. The van der Waals surface area contributed by atoms with E-state index < -0.39 is 17.7 Å². The maximum atomic E-state index is 12.6. The smallest absolute Gasteiger partial charge is 0.408 e. The van der Waals surface area contributed by atoms with Gasteiger partial charge in [0.2, 0.25) is 0 Å². The van der Waals surface area contributed by atoms with Gasteiger partial charge in [0.25, 0.3) is 0 Å².